The molecule has 0 spiro atoms. The van der Waals surface area contributed by atoms with Crippen molar-refractivity contribution in [2.45, 2.75) is 32.4 Å². The molecule has 0 bridgehead atoms. The van der Waals surface area contributed by atoms with Crippen molar-refractivity contribution in [3.05, 3.63) is 40.1 Å². The summed E-state index contributed by atoms with van der Waals surface area (Å²) in [6.45, 7) is 4.07. The van der Waals surface area contributed by atoms with Crippen molar-refractivity contribution >= 4 is 22.4 Å². The van der Waals surface area contributed by atoms with E-state index < -0.39 is 0 Å². The van der Waals surface area contributed by atoms with Crippen molar-refractivity contribution in [1.82, 2.24) is 25.1 Å². The lowest BCUT2D eigenvalue weighted by atomic mass is 10.2. The number of imidazole rings is 1. The van der Waals surface area contributed by atoms with Crippen LogP contribution in [-0.2, 0) is 6.54 Å². The van der Waals surface area contributed by atoms with Gasteiger partial charge in [0.2, 0.25) is 0 Å². The molecule has 1 aliphatic rings. The van der Waals surface area contributed by atoms with Crippen molar-refractivity contribution < 1.29 is 0 Å². The lowest BCUT2D eigenvalue weighted by Crippen LogP contribution is -2.23. The van der Waals surface area contributed by atoms with E-state index >= 15 is 0 Å². The van der Waals surface area contributed by atoms with Gasteiger partial charge in [0.05, 0.1) is 23.6 Å². The molecule has 1 aliphatic heterocycles. The molecular formula is C15H17N5S. The predicted octanol–water partition coefficient (Wildman–Crippen LogP) is 3.06. The first kappa shape index (κ1) is 12.9. The standard InChI is InChI=1S/C15H17N5S/c1-10-4-5-11-12(7-10)18-15(17-11)13-3-2-6-20(13)8-14-19-16-9-21-14/h4-5,7,9,13H,2-3,6,8H2,1H3,(H,17,18). The first-order valence-electron chi connectivity index (χ1n) is 7.25. The van der Waals surface area contributed by atoms with Gasteiger partial charge in [-0.05, 0) is 44.0 Å². The van der Waals surface area contributed by atoms with Gasteiger partial charge in [-0.25, -0.2) is 4.98 Å². The third-order valence-corrected chi connectivity index (χ3v) is 4.76. The predicted molar refractivity (Wildman–Crippen MR) is 83.1 cm³/mol. The molecule has 3 aromatic rings. The topological polar surface area (TPSA) is 57.7 Å². The van der Waals surface area contributed by atoms with Crippen LogP contribution >= 0.6 is 11.3 Å². The summed E-state index contributed by atoms with van der Waals surface area (Å²) in [6, 6.07) is 6.73. The Labute approximate surface area is 127 Å². The number of aromatic nitrogens is 4. The molecule has 21 heavy (non-hydrogen) atoms. The molecule has 1 unspecified atom stereocenters. The zero-order valence-corrected chi connectivity index (χ0v) is 12.7. The molecule has 3 heterocycles. The smallest absolute Gasteiger partial charge is 0.131 e. The summed E-state index contributed by atoms with van der Waals surface area (Å²) in [7, 11) is 0. The van der Waals surface area contributed by atoms with Crippen LogP contribution in [0.2, 0.25) is 0 Å². The molecule has 0 saturated carbocycles. The highest BCUT2D eigenvalue weighted by Crippen LogP contribution is 2.32. The zero-order chi connectivity index (χ0) is 14.2. The number of likely N-dealkylation sites (tertiary alicyclic amines) is 1. The highest BCUT2D eigenvalue weighted by Gasteiger charge is 2.29. The zero-order valence-electron chi connectivity index (χ0n) is 11.9. The lowest BCUT2D eigenvalue weighted by molar-refractivity contribution is 0.240. The van der Waals surface area contributed by atoms with Crippen LogP contribution < -0.4 is 0 Å². The molecule has 0 aliphatic carbocycles. The number of hydrogen-bond donors (Lipinski definition) is 1. The van der Waals surface area contributed by atoms with Gasteiger partial charge in [0, 0.05) is 0 Å². The fraction of sp³-hybridized carbons (Fsp3) is 0.400. The maximum Gasteiger partial charge on any atom is 0.131 e. The van der Waals surface area contributed by atoms with Gasteiger partial charge in [-0.1, -0.05) is 6.07 Å². The molecule has 2 aromatic heterocycles. The number of H-pyrrole nitrogens is 1. The van der Waals surface area contributed by atoms with Crippen LogP contribution in [0.15, 0.2) is 23.7 Å². The van der Waals surface area contributed by atoms with Crippen molar-refractivity contribution in [3.63, 3.8) is 0 Å². The molecule has 4 rings (SSSR count). The van der Waals surface area contributed by atoms with Crippen LogP contribution in [0.1, 0.15) is 35.3 Å². The second kappa shape index (κ2) is 5.20. The first-order chi connectivity index (χ1) is 10.3. The maximum atomic E-state index is 4.79. The minimum absolute atomic E-state index is 0.363. The number of benzene rings is 1. The van der Waals surface area contributed by atoms with Crippen molar-refractivity contribution in [3.8, 4) is 0 Å². The summed E-state index contributed by atoms with van der Waals surface area (Å²) >= 11 is 1.62. The van der Waals surface area contributed by atoms with E-state index in [4.69, 9.17) is 4.98 Å². The Bertz CT molecular complexity index is 749. The molecule has 1 saturated heterocycles. The molecule has 0 amide bonds. The Kier molecular flexibility index (Phi) is 3.20. The van der Waals surface area contributed by atoms with E-state index in [-0.39, 0.29) is 0 Å². The number of rotatable bonds is 3. The minimum Gasteiger partial charge on any atom is -0.341 e. The molecule has 1 aromatic carbocycles. The summed E-state index contributed by atoms with van der Waals surface area (Å²) in [5.74, 6) is 1.08. The van der Waals surface area contributed by atoms with Crippen molar-refractivity contribution in [2.24, 2.45) is 0 Å². The summed E-state index contributed by atoms with van der Waals surface area (Å²) in [5, 5.41) is 9.16. The molecule has 1 atom stereocenters. The van der Waals surface area contributed by atoms with E-state index in [1.54, 1.807) is 16.8 Å². The van der Waals surface area contributed by atoms with Gasteiger partial charge in [0.15, 0.2) is 0 Å². The van der Waals surface area contributed by atoms with Gasteiger partial charge in [-0.2, -0.15) is 0 Å². The molecule has 1 N–H and O–H groups in total. The van der Waals surface area contributed by atoms with E-state index in [0.717, 1.165) is 41.4 Å². The Morgan fingerprint density at radius 1 is 1.43 bits per heavy atom. The van der Waals surface area contributed by atoms with E-state index in [9.17, 15) is 0 Å². The second-order valence-electron chi connectivity index (χ2n) is 5.60. The van der Waals surface area contributed by atoms with Crippen LogP contribution in [0.25, 0.3) is 11.0 Å². The van der Waals surface area contributed by atoms with Crippen LogP contribution in [0.5, 0.6) is 0 Å². The average Bonchev–Trinajstić information content (AvgIpc) is 3.18. The molecular weight excluding hydrogens is 282 g/mol. The van der Waals surface area contributed by atoms with E-state index in [2.05, 4.69) is 45.2 Å². The largest absolute Gasteiger partial charge is 0.341 e. The second-order valence-corrected chi connectivity index (χ2v) is 6.52. The van der Waals surface area contributed by atoms with Crippen molar-refractivity contribution in [1.29, 1.82) is 0 Å². The number of nitrogens with zero attached hydrogens (tertiary/aromatic N) is 4. The van der Waals surface area contributed by atoms with Crippen molar-refractivity contribution in [2.75, 3.05) is 6.54 Å². The number of aryl methyl sites for hydroxylation is 1. The Morgan fingerprint density at radius 2 is 2.38 bits per heavy atom. The quantitative estimate of drug-likeness (QED) is 0.807. The van der Waals surface area contributed by atoms with Gasteiger partial charge < -0.3 is 4.98 Å². The van der Waals surface area contributed by atoms with Crippen LogP contribution in [0.3, 0.4) is 0 Å². The van der Waals surface area contributed by atoms with E-state index in [1.165, 1.54) is 12.0 Å². The Morgan fingerprint density at radius 3 is 3.24 bits per heavy atom. The van der Waals surface area contributed by atoms with Gasteiger partial charge in [-0.3, -0.25) is 4.90 Å². The monoisotopic (exact) mass is 299 g/mol. The normalized spacial score (nSPS) is 19.6. The SMILES string of the molecule is Cc1ccc2nc(C3CCCN3Cc3nncs3)[nH]c2c1. The van der Waals surface area contributed by atoms with Gasteiger partial charge in [-0.15, -0.1) is 21.5 Å². The van der Waals surface area contributed by atoms with Gasteiger partial charge in [0.1, 0.15) is 16.3 Å². The molecule has 108 valence electrons. The molecule has 6 heteroatoms. The number of nitrogens with one attached hydrogen (secondary N) is 1. The van der Waals surface area contributed by atoms with Crippen LogP contribution in [0.4, 0.5) is 0 Å². The fourth-order valence-electron chi connectivity index (χ4n) is 3.06. The van der Waals surface area contributed by atoms with Gasteiger partial charge >= 0.3 is 0 Å². The van der Waals surface area contributed by atoms with Gasteiger partial charge in [0.25, 0.3) is 0 Å². The Hall–Kier alpha value is -1.79. The lowest BCUT2D eigenvalue weighted by Gasteiger charge is -2.21. The first-order valence-corrected chi connectivity index (χ1v) is 8.13. The highest BCUT2D eigenvalue weighted by molar-refractivity contribution is 7.09. The average molecular weight is 299 g/mol. The summed E-state index contributed by atoms with van der Waals surface area (Å²) in [6.07, 6.45) is 2.36. The number of aromatic amines is 1. The van der Waals surface area contributed by atoms with Crippen LogP contribution in [-0.4, -0.2) is 31.6 Å². The third kappa shape index (κ3) is 2.45. The van der Waals surface area contributed by atoms with Crippen LogP contribution in [0, 0.1) is 6.92 Å². The number of hydrogen-bond acceptors (Lipinski definition) is 5. The number of fused-ring (bicyclic) bond motifs is 1. The van der Waals surface area contributed by atoms with E-state index in [0.29, 0.717) is 6.04 Å². The van der Waals surface area contributed by atoms with E-state index in [1.807, 2.05) is 0 Å². The summed E-state index contributed by atoms with van der Waals surface area (Å²) < 4.78 is 0. The molecule has 5 nitrogen and oxygen atoms in total. The third-order valence-electron chi connectivity index (χ3n) is 4.08. The highest BCUT2D eigenvalue weighted by atomic mass is 32.1. The summed E-state index contributed by atoms with van der Waals surface area (Å²) in [4.78, 5) is 10.7. The fourth-order valence-corrected chi connectivity index (χ4v) is 3.62. The summed E-state index contributed by atoms with van der Waals surface area (Å²) in [5.41, 5.74) is 5.24. The molecule has 1 fully saturated rings. The molecule has 0 radical (unpaired) electrons. The minimum atomic E-state index is 0.363. The Balaban J connectivity index is 1.63. The maximum absolute atomic E-state index is 4.79.